The van der Waals surface area contributed by atoms with Gasteiger partial charge in [-0.15, -0.1) is 0 Å². The Balaban J connectivity index is 2.12. The molecular weight excluding hydrogens is 314 g/mol. The Hall–Kier alpha value is -2.83. The number of hydrogen-bond donors (Lipinski definition) is 1. The van der Waals surface area contributed by atoms with E-state index in [0.717, 1.165) is 10.9 Å². The number of esters is 1. The number of methoxy groups -OCH3 is 1. The van der Waals surface area contributed by atoms with E-state index in [9.17, 15) is 14.4 Å². The highest BCUT2D eigenvalue weighted by Crippen LogP contribution is 2.23. The molecule has 2 rings (SSSR count). The Labute approximate surface area is 138 Å². The number of nitrogens with one attached hydrogen (secondary N) is 1. The zero-order valence-electron chi connectivity index (χ0n) is 13.9. The van der Waals surface area contributed by atoms with E-state index in [1.54, 1.807) is 25.1 Å². The minimum Gasteiger partial charge on any atom is -0.481 e. The molecule has 2 aromatic rings. The quantitative estimate of drug-likeness (QED) is 0.659. The fraction of sp³-hybridized carbons (Fsp3) is 0.353. The maximum absolute atomic E-state index is 12.0. The summed E-state index contributed by atoms with van der Waals surface area (Å²) in [6.07, 6.45) is -0.842. The molecule has 1 heterocycles. The molecule has 128 valence electrons. The van der Waals surface area contributed by atoms with Crippen molar-refractivity contribution in [2.45, 2.75) is 32.9 Å². The highest BCUT2D eigenvalue weighted by Gasteiger charge is 2.21. The molecule has 0 bridgehead atoms. The average Bonchev–Trinajstić information content (AvgIpc) is 2.53. The van der Waals surface area contributed by atoms with Gasteiger partial charge in [0.1, 0.15) is 17.4 Å². The van der Waals surface area contributed by atoms with Gasteiger partial charge in [-0.25, -0.2) is 9.59 Å². The summed E-state index contributed by atoms with van der Waals surface area (Å²) in [4.78, 5) is 34.8. The summed E-state index contributed by atoms with van der Waals surface area (Å²) in [6, 6.07) is 5.63. The Morgan fingerprint density at radius 2 is 1.92 bits per heavy atom. The molecule has 0 aliphatic heterocycles. The van der Waals surface area contributed by atoms with Gasteiger partial charge in [0, 0.05) is 17.5 Å². The van der Waals surface area contributed by atoms with Crippen molar-refractivity contribution in [3.63, 3.8) is 0 Å². The van der Waals surface area contributed by atoms with Gasteiger partial charge >= 0.3 is 11.6 Å². The van der Waals surface area contributed by atoms with Crippen LogP contribution in [0, 0.1) is 6.92 Å². The SMILES string of the molecule is COC(=O)[C@@H](C)NC(=O)[C@@H](C)Oc1ccc2c(C)cc(=O)oc2c1. The summed E-state index contributed by atoms with van der Waals surface area (Å²) in [7, 11) is 1.25. The van der Waals surface area contributed by atoms with Gasteiger partial charge in [0.2, 0.25) is 0 Å². The second-order valence-corrected chi connectivity index (χ2v) is 5.42. The third-order valence-corrected chi connectivity index (χ3v) is 3.52. The molecular formula is C17H19NO6. The second-order valence-electron chi connectivity index (χ2n) is 5.42. The van der Waals surface area contributed by atoms with Gasteiger partial charge in [0.25, 0.3) is 5.91 Å². The summed E-state index contributed by atoms with van der Waals surface area (Å²) < 4.78 is 15.2. The number of carbonyl (C=O) groups excluding carboxylic acids is 2. The van der Waals surface area contributed by atoms with Gasteiger partial charge < -0.3 is 19.2 Å². The topological polar surface area (TPSA) is 94.8 Å². The van der Waals surface area contributed by atoms with Crippen molar-refractivity contribution >= 4 is 22.8 Å². The molecule has 7 nitrogen and oxygen atoms in total. The molecule has 0 radical (unpaired) electrons. The molecule has 0 unspecified atom stereocenters. The van der Waals surface area contributed by atoms with E-state index in [1.165, 1.54) is 20.1 Å². The van der Waals surface area contributed by atoms with Crippen molar-refractivity contribution in [1.29, 1.82) is 0 Å². The number of ether oxygens (including phenoxy) is 2. The number of amides is 1. The van der Waals surface area contributed by atoms with Crippen LogP contribution in [-0.4, -0.2) is 31.1 Å². The monoisotopic (exact) mass is 333 g/mol. The minimum absolute atomic E-state index is 0.379. The molecule has 0 saturated heterocycles. The smallest absolute Gasteiger partial charge is 0.336 e. The van der Waals surface area contributed by atoms with E-state index in [-0.39, 0.29) is 0 Å². The van der Waals surface area contributed by atoms with Crippen molar-refractivity contribution in [3.8, 4) is 5.75 Å². The minimum atomic E-state index is -0.842. The number of benzene rings is 1. The second kappa shape index (κ2) is 7.16. The van der Waals surface area contributed by atoms with Gasteiger partial charge in [0.05, 0.1) is 7.11 Å². The molecule has 0 saturated carbocycles. The van der Waals surface area contributed by atoms with E-state index < -0.39 is 29.6 Å². The first-order valence-electron chi connectivity index (χ1n) is 7.41. The lowest BCUT2D eigenvalue weighted by Gasteiger charge is -2.17. The van der Waals surface area contributed by atoms with Gasteiger partial charge in [-0.3, -0.25) is 4.79 Å². The Bertz CT molecular complexity index is 825. The van der Waals surface area contributed by atoms with E-state index in [4.69, 9.17) is 9.15 Å². The lowest BCUT2D eigenvalue weighted by molar-refractivity contribution is -0.145. The average molecular weight is 333 g/mol. The molecule has 1 amide bonds. The van der Waals surface area contributed by atoms with Crippen LogP contribution < -0.4 is 15.7 Å². The predicted octanol–water partition coefficient (Wildman–Crippen LogP) is 1.55. The van der Waals surface area contributed by atoms with Crippen LogP contribution >= 0.6 is 0 Å². The fourth-order valence-corrected chi connectivity index (χ4v) is 2.20. The first-order chi connectivity index (χ1) is 11.3. The van der Waals surface area contributed by atoms with Crippen molar-refractivity contribution in [1.82, 2.24) is 5.32 Å². The zero-order valence-corrected chi connectivity index (χ0v) is 13.9. The lowest BCUT2D eigenvalue weighted by atomic mass is 10.1. The summed E-state index contributed by atoms with van der Waals surface area (Å²) in [5.74, 6) is -0.623. The molecule has 1 aromatic carbocycles. The molecule has 24 heavy (non-hydrogen) atoms. The van der Waals surface area contributed by atoms with Crippen molar-refractivity contribution in [2.75, 3.05) is 7.11 Å². The van der Waals surface area contributed by atoms with E-state index >= 15 is 0 Å². The number of carbonyl (C=O) groups is 2. The van der Waals surface area contributed by atoms with Crippen LogP contribution in [0.2, 0.25) is 0 Å². The summed E-state index contributed by atoms with van der Waals surface area (Å²) >= 11 is 0. The molecule has 1 N–H and O–H groups in total. The Morgan fingerprint density at radius 1 is 1.21 bits per heavy atom. The summed E-state index contributed by atoms with van der Waals surface area (Å²) in [5.41, 5.74) is 0.730. The van der Waals surface area contributed by atoms with Crippen LogP contribution in [0.25, 0.3) is 11.0 Å². The van der Waals surface area contributed by atoms with Crippen LogP contribution in [0.3, 0.4) is 0 Å². The molecule has 2 atom stereocenters. The molecule has 1 aromatic heterocycles. The highest BCUT2D eigenvalue weighted by molar-refractivity contribution is 5.87. The van der Waals surface area contributed by atoms with Crippen LogP contribution in [0.4, 0.5) is 0 Å². The highest BCUT2D eigenvalue weighted by atomic mass is 16.5. The standard InChI is InChI=1S/C17H19NO6/c1-9-7-15(19)24-14-8-12(5-6-13(9)14)23-11(3)16(20)18-10(2)17(21)22-4/h5-8,10-11H,1-4H3,(H,18,20)/t10-,11-/m1/s1. The largest absolute Gasteiger partial charge is 0.481 e. The normalized spacial score (nSPS) is 13.2. The number of hydrogen-bond acceptors (Lipinski definition) is 6. The summed E-state index contributed by atoms with van der Waals surface area (Å²) in [6.45, 7) is 4.88. The lowest BCUT2D eigenvalue weighted by Crippen LogP contribution is -2.45. The van der Waals surface area contributed by atoms with Crippen molar-refractivity contribution < 1.29 is 23.5 Å². The first kappa shape index (κ1) is 17.5. The van der Waals surface area contributed by atoms with Crippen LogP contribution in [0.15, 0.2) is 33.5 Å². The molecule has 0 aliphatic rings. The third-order valence-electron chi connectivity index (χ3n) is 3.52. The number of rotatable bonds is 5. The first-order valence-corrected chi connectivity index (χ1v) is 7.41. The van der Waals surface area contributed by atoms with E-state index in [2.05, 4.69) is 10.1 Å². The van der Waals surface area contributed by atoms with Crippen LogP contribution in [-0.2, 0) is 14.3 Å². The molecule has 7 heteroatoms. The predicted molar refractivity (Wildman–Crippen MR) is 86.9 cm³/mol. The molecule has 0 aliphatic carbocycles. The Morgan fingerprint density at radius 3 is 2.58 bits per heavy atom. The number of fused-ring (bicyclic) bond motifs is 1. The van der Waals surface area contributed by atoms with Crippen LogP contribution in [0.1, 0.15) is 19.4 Å². The molecule has 0 spiro atoms. The van der Waals surface area contributed by atoms with Gasteiger partial charge in [-0.2, -0.15) is 0 Å². The molecule has 0 fully saturated rings. The van der Waals surface area contributed by atoms with E-state index in [0.29, 0.717) is 11.3 Å². The summed E-state index contributed by atoms with van der Waals surface area (Å²) in [5, 5.41) is 3.28. The maximum atomic E-state index is 12.0. The Kier molecular flexibility index (Phi) is 5.23. The zero-order chi connectivity index (χ0) is 17.9. The third kappa shape index (κ3) is 3.92. The van der Waals surface area contributed by atoms with E-state index in [1.807, 2.05) is 6.92 Å². The van der Waals surface area contributed by atoms with Crippen LogP contribution in [0.5, 0.6) is 5.75 Å². The van der Waals surface area contributed by atoms with Gasteiger partial charge in [-0.1, -0.05) is 0 Å². The maximum Gasteiger partial charge on any atom is 0.336 e. The van der Waals surface area contributed by atoms with Crippen molar-refractivity contribution in [3.05, 3.63) is 40.2 Å². The van der Waals surface area contributed by atoms with Crippen molar-refractivity contribution in [2.24, 2.45) is 0 Å². The number of aryl methyl sites for hydroxylation is 1. The fourth-order valence-electron chi connectivity index (χ4n) is 2.20. The van der Waals surface area contributed by atoms with Gasteiger partial charge in [0.15, 0.2) is 6.10 Å². The van der Waals surface area contributed by atoms with Gasteiger partial charge in [-0.05, 0) is 38.5 Å².